The van der Waals surface area contributed by atoms with Gasteiger partial charge >= 0.3 is 0 Å². The quantitative estimate of drug-likeness (QED) is 0.699. The molecule has 0 fully saturated rings. The van der Waals surface area contributed by atoms with Gasteiger partial charge in [-0.1, -0.05) is 23.9 Å². The number of nitrogens with one attached hydrogen (secondary N) is 1. The maximum Gasteiger partial charge on any atom is 0.261 e. The monoisotopic (exact) mass is 419 g/mol. The zero-order valence-corrected chi connectivity index (χ0v) is 16.6. The second kappa shape index (κ2) is 7.72. The summed E-state index contributed by atoms with van der Waals surface area (Å²) in [7, 11) is 0. The minimum absolute atomic E-state index is 0.126. The third-order valence-electron chi connectivity index (χ3n) is 4.74. The van der Waals surface area contributed by atoms with Crippen LogP contribution in [0.15, 0.2) is 70.7 Å². The van der Waals surface area contributed by atoms with Crippen molar-refractivity contribution < 1.29 is 19.1 Å². The summed E-state index contributed by atoms with van der Waals surface area (Å²) in [5.41, 5.74) is 1.74. The number of nitrogens with zero attached hydrogens (tertiary/aromatic N) is 2. The Morgan fingerprint density at radius 2 is 1.90 bits per heavy atom. The normalized spacial score (nSPS) is 14.4. The van der Waals surface area contributed by atoms with E-state index < -0.39 is 0 Å². The van der Waals surface area contributed by atoms with Crippen molar-refractivity contribution in [3.05, 3.63) is 66.4 Å². The summed E-state index contributed by atoms with van der Waals surface area (Å²) >= 11 is 1.42. The van der Waals surface area contributed by atoms with Crippen molar-refractivity contribution in [2.45, 2.75) is 9.92 Å². The third-order valence-corrected chi connectivity index (χ3v) is 5.82. The van der Waals surface area contributed by atoms with Gasteiger partial charge in [0.2, 0.25) is 5.91 Å². The Morgan fingerprint density at radius 1 is 1.07 bits per heavy atom. The van der Waals surface area contributed by atoms with E-state index >= 15 is 0 Å². The van der Waals surface area contributed by atoms with E-state index in [4.69, 9.17) is 9.47 Å². The Labute approximate surface area is 177 Å². The summed E-state index contributed by atoms with van der Waals surface area (Å²) in [6.07, 6.45) is 1.66. The number of carbonyl (C=O) groups is 2. The van der Waals surface area contributed by atoms with Crippen LogP contribution < -0.4 is 19.7 Å². The van der Waals surface area contributed by atoms with E-state index in [0.717, 1.165) is 4.90 Å². The topological polar surface area (TPSA) is 80.8 Å². The number of pyridine rings is 1. The summed E-state index contributed by atoms with van der Waals surface area (Å²) in [6, 6.07) is 16.2. The fraction of sp³-hybridized carbons (Fsp3) is 0.136. The number of aromatic nitrogens is 1. The van der Waals surface area contributed by atoms with Gasteiger partial charge in [-0.15, -0.1) is 0 Å². The van der Waals surface area contributed by atoms with E-state index in [9.17, 15) is 9.59 Å². The zero-order valence-electron chi connectivity index (χ0n) is 15.8. The van der Waals surface area contributed by atoms with Gasteiger partial charge in [0.05, 0.1) is 11.3 Å². The summed E-state index contributed by atoms with van der Waals surface area (Å²) in [5.74, 6) is 0.670. The van der Waals surface area contributed by atoms with Crippen LogP contribution in [0.4, 0.5) is 11.4 Å². The van der Waals surface area contributed by atoms with Gasteiger partial charge < -0.3 is 14.8 Å². The Kier molecular flexibility index (Phi) is 4.76. The lowest BCUT2D eigenvalue weighted by Crippen LogP contribution is -2.38. The number of fused-ring (bicyclic) bond motifs is 3. The smallest absolute Gasteiger partial charge is 0.261 e. The van der Waals surface area contributed by atoms with Gasteiger partial charge in [0.15, 0.2) is 11.5 Å². The second-order valence-corrected chi connectivity index (χ2v) is 7.75. The molecule has 30 heavy (non-hydrogen) atoms. The first-order valence-electron chi connectivity index (χ1n) is 9.42. The lowest BCUT2D eigenvalue weighted by Gasteiger charge is -2.23. The highest BCUT2D eigenvalue weighted by molar-refractivity contribution is 7.99. The number of carbonyl (C=O) groups excluding carboxylic acids is 2. The summed E-state index contributed by atoms with van der Waals surface area (Å²) in [6.45, 7) is 0.845. The highest BCUT2D eigenvalue weighted by Crippen LogP contribution is 2.40. The fourth-order valence-electron chi connectivity index (χ4n) is 3.38. The second-order valence-electron chi connectivity index (χ2n) is 6.72. The van der Waals surface area contributed by atoms with Gasteiger partial charge in [0, 0.05) is 22.8 Å². The first-order valence-corrected chi connectivity index (χ1v) is 10.2. The van der Waals surface area contributed by atoms with Crippen molar-refractivity contribution in [2.75, 3.05) is 30.0 Å². The molecule has 2 amide bonds. The van der Waals surface area contributed by atoms with Gasteiger partial charge in [0.25, 0.3) is 5.91 Å². The van der Waals surface area contributed by atoms with E-state index in [-0.39, 0.29) is 18.4 Å². The first kappa shape index (κ1) is 18.5. The van der Waals surface area contributed by atoms with Crippen LogP contribution in [0.3, 0.4) is 0 Å². The number of anilines is 2. The van der Waals surface area contributed by atoms with Crippen molar-refractivity contribution in [1.29, 1.82) is 0 Å². The minimum atomic E-state index is -0.313. The summed E-state index contributed by atoms with van der Waals surface area (Å²) in [5, 5.41) is 3.47. The Bertz CT molecular complexity index is 1150. The molecule has 0 saturated heterocycles. The Balaban J connectivity index is 1.42. The van der Waals surface area contributed by atoms with E-state index in [2.05, 4.69) is 10.3 Å². The number of hydrogen-bond donors (Lipinski definition) is 1. The average molecular weight is 419 g/mol. The molecule has 2 aliphatic heterocycles. The van der Waals surface area contributed by atoms with E-state index in [1.807, 2.05) is 24.3 Å². The molecule has 8 heteroatoms. The molecule has 0 bridgehead atoms. The molecule has 7 nitrogen and oxygen atoms in total. The number of amides is 2. The average Bonchev–Trinajstić information content (AvgIpc) is 2.89. The van der Waals surface area contributed by atoms with Crippen LogP contribution in [0.2, 0.25) is 0 Å². The van der Waals surface area contributed by atoms with Crippen molar-refractivity contribution in [3.63, 3.8) is 0 Å². The molecule has 0 spiro atoms. The van der Waals surface area contributed by atoms with Crippen LogP contribution in [0.5, 0.6) is 11.5 Å². The number of ether oxygens (including phenoxy) is 2. The van der Waals surface area contributed by atoms with E-state index in [0.29, 0.717) is 46.7 Å². The molecule has 5 rings (SSSR count). The third kappa shape index (κ3) is 3.46. The van der Waals surface area contributed by atoms with Gasteiger partial charge in [-0.05, 0) is 36.4 Å². The number of rotatable bonds is 3. The van der Waals surface area contributed by atoms with Crippen LogP contribution in [0, 0.1) is 0 Å². The SMILES string of the molecule is O=C(CN1C(=O)c2cccnc2Sc2ccccc21)Nc1ccc2c(c1)OCCO2. The maximum absolute atomic E-state index is 13.2. The van der Waals surface area contributed by atoms with Crippen molar-refractivity contribution >= 4 is 35.0 Å². The number of hydrogen-bond acceptors (Lipinski definition) is 6. The van der Waals surface area contributed by atoms with Crippen LogP contribution >= 0.6 is 11.8 Å². The molecule has 3 heterocycles. The van der Waals surface area contributed by atoms with E-state index in [1.165, 1.54) is 16.7 Å². The number of para-hydroxylation sites is 1. The Hall–Kier alpha value is -3.52. The molecule has 2 aliphatic rings. The fourth-order valence-corrected chi connectivity index (χ4v) is 4.40. The molecule has 3 aromatic rings. The predicted octanol–water partition coefficient (Wildman–Crippen LogP) is 3.60. The lowest BCUT2D eigenvalue weighted by molar-refractivity contribution is -0.114. The highest BCUT2D eigenvalue weighted by Gasteiger charge is 2.29. The molecular formula is C22H17N3O4S. The minimum Gasteiger partial charge on any atom is -0.486 e. The predicted molar refractivity (Wildman–Crippen MR) is 113 cm³/mol. The standard InChI is InChI=1S/C22H17N3O4S/c26-20(24-14-7-8-17-18(12-14)29-11-10-28-17)13-25-16-5-1-2-6-19(16)30-21-15(22(25)27)4-3-9-23-21/h1-9,12H,10-11,13H2,(H,24,26). The van der Waals surface area contributed by atoms with Gasteiger partial charge in [0.1, 0.15) is 24.8 Å². The van der Waals surface area contributed by atoms with Crippen molar-refractivity contribution in [1.82, 2.24) is 4.98 Å². The van der Waals surface area contributed by atoms with Gasteiger partial charge in [-0.3, -0.25) is 14.5 Å². The molecule has 0 radical (unpaired) electrons. The van der Waals surface area contributed by atoms with Crippen molar-refractivity contribution in [2.24, 2.45) is 0 Å². The Morgan fingerprint density at radius 3 is 2.80 bits per heavy atom. The molecule has 0 unspecified atom stereocenters. The summed E-state index contributed by atoms with van der Waals surface area (Å²) in [4.78, 5) is 32.8. The lowest BCUT2D eigenvalue weighted by atomic mass is 10.2. The largest absolute Gasteiger partial charge is 0.486 e. The van der Waals surface area contributed by atoms with Crippen LogP contribution in [-0.4, -0.2) is 36.6 Å². The molecule has 1 N–H and O–H groups in total. The number of benzene rings is 2. The molecule has 2 aromatic carbocycles. The van der Waals surface area contributed by atoms with Crippen LogP contribution in [0.25, 0.3) is 0 Å². The molecule has 0 atom stereocenters. The van der Waals surface area contributed by atoms with Gasteiger partial charge in [-0.25, -0.2) is 4.98 Å². The first-order chi connectivity index (χ1) is 14.7. The molecule has 0 saturated carbocycles. The van der Waals surface area contributed by atoms with Crippen molar-refractivity contribution in [3.8, 4) is 11.5 Å². The van der Waals surface area contributed by atoms with Crippen LogP contribution in [0.1, 0.15) is 10.4 Å². The highest BCUT2D eigenvalue weighted by atomic mass is 32.2. The molecule has 1 aromatic heterocycles. The molecular weight excluding hydrogens is 402 g/mol. The van der Waals surface area contributed by atoms with E-state index in [1.54, 1.807) is 36.5 Å². The zero-order chi connectivity index (χ0) is 20.5. The summed E-state index contributed by atoms with van der Waals surface area (Å²) < 4.78 is 11.1. The van der Waals surface area contributed by atoms with Gasteiger partial charge in [-0.2, -0.15) is 0 Å². The molecule has 0 aliphatic carbocycles. The molecule has 150 valence electrons. The van der Waals surface area contributed by atoms with Crippen LogP contribution in [-0.2, 0) is 4.79 Å². The maximum atomic E-state index is 13.2.